The zero-order chi connectivity index (χ0) is 24.7. The number of hydrogen-bond acceptors (Lipinski definition) is 3. The van der Waals surface area contributed by atoms with Gasteiger partial charge < -0.3 is 15.5 Å². The molecule has 0 aromatic heterocycles. The summed E-state index contributed by atoms with van der Waals surface area (Å²) in [4.78, 5) is 15.1. The Hall–Kier alpha value is -3.53. The van der Waals surface area contributed by atoms with Crippen molar-refractivity contribution in [1.29, 1.82) is 0 Å². The van der Waals surface area contributed by atoms with Crippen molar-refractivity contribution in [1.82, 2.24) is 0 Å². The number of nitrogens with one attached hydrogen (secondary N) is 2. The minimum atomic E-state index is -0.0773. The van der Waals surface area contributed by atoms with E-state index in [-0.39, 0.29) is 17.4 Å². The van der Waals surface area contributed by atoms with E-state index in [1.165, 1.54) is 22.4 Å². The Kier molecular flexibility index (Phi) is 5.92. The number of carbonyl (C=O) groups is 1. The summed E-state index contributed by atoms with van der Waals surface area (Å²) >= 11 is 0. The Labute approximate surface area is 209 Å². The van der Waals surface area contributed by atoms with Gasteiger partial charge in [0.05, 0.1) is 6.04 Å². The van der Waals surface area contributed by atoms with Crippen LogP contribution in [0.25, 0.3) is 0 Å². The number of carbonyl (C=O) groups excluding carboxylic acids is 1. The monoisotopic (exact) mass is 465 g/mol. The molecular formula is C31H35N3O. The van der Waals surface area contributed by atoms with Crippen molar-refractivity contribution >= 4 is 23.0 Å². The average Bonchev–Trinajstić information content (AvgIpc) is 3.34. The summed E-state index contributed by atoms with van der Waals surface area (Å²) in [6.45, 7) is 6.53. The van der Waals surface area contributed by atoms with Gasteiger partial charge in [0.2, 0.25) is 0 Å². The lowest BCUT2D eigenvalue weighted by Gasteiger charge is -2.38. The molecule has 3 aromatic carbocycles. The SMILES string of the molecule is CN(C)c1ccc(C2Nc3ccc(NC(=O)c4ccc(C(C)(C)C)cc4)cc3C3C=CCC32)cc1. The smallest absolute Gasteiger partial charge is 0.255 e. The molecule has 1 aliphatic carbocycles. The van der Waals surface area contributed by atoms with Crippen LogP contribution in [0.3, 0.4) is 0 Å². The van der Waals surface area contributed by atoms with Crippen molar-refractivity contribution in [3.05, 3.63) is 101 Å². The van der Waals surface area contributed by atoms with E-state index in [2.05, 4.69) is 99.0 Å². The lowest BCUT2D eigenvalue weighted by molar-refractivity contribution is 0.102. The van der Waals surface area contributed by atoms with Crippen LogP contribution in [-0.4, -0.2) is 20.0 Å². The molecule has 0 fully saturated rings. The third-order valence-corrected chi connectivity index (χ3v) is 7.40. The van der Waals surface area contributed by atoms with Gasteiger partial charge in [-0.25, -0.2) is 0 Å². The van der Waals surface area contributed by atoms with Gasteiger partial charge >= 0.3 is 0 Å². The van der Waals surface area contributed by atoms with Crippen LogP contribution in [0.4, 0.5) is 17.1 Å². The number of fused-ring (bicyclic) bond motifs is 3. The fourth-order valence-electron chi connectivity index (χ4n) is 5.31. The second-order valence-corrected chi connectivity index (χ2v) is 11.0. The highest BCUT2D eigenvalue weighted by atomic mass is 16.1. The number of rotatable bonds is 4. The fraction of sp³-hybridized carbons (Fsp3) is 0.323. The lowest BCUT2D eigenvalue weighted by Crippen LogP contribution is -2.29. The molecule has 0 spiro atoms. The van der Waals surface area contributed by atoms with Gasteiger partial charge in [-0.3, -0.25) is 4.79 Å². The quantitative estimate of drug-likeness (QED) is 0.403. The third kappa shape index (κ3) is 4.58. The standard InChI is InChI=1S/C31H35N3O/c1-31(2,3)22-13-9-21(10-14-22)30(35)32-23-15-18-28-27(19-23)25-7-6-8-26(25)29(33-28)20-11-16-24(17-12-20)34(4)5/h6-7,9-19,25-26,29,33H,8H2,1-5H3,(H,32,35). The first-order valence-corrected chi connectivity index (χ1v) is 12.5. The molecule has 3 aromatic rings. The first kappa shape index (κ1) is 23.2. The minimum absolute atomic E-state index is 0.0675. The molecule has 180 valence electrons. The summed E-state index contributed by atoms with van der Waals surface area (Å²) < 4.78 is 0. The lowest BCUT2D eigenvalue weighted by atomic mass is 9.77. The van der Waals surface area contributed by atoms with E-state index in [1.807, 2.05) is 30.3 Å². The molecule has 2 aliphatic rings. The van der Waals surface area contributed by atoms with Gasteiger partial charge in [0, 0.05) is 42.6 Å². The third-order valence-electron chi connectivity index (χ3n) is 7.40. The van der Waals surface area contributed by atoms with Gasteiger partial charge in [-0.1, -0.05) is 57.2 Å². The largest absolute Gasteiger partial charge is 0.378 e. The number of hydrogen-bond donors (Lipinski definition) is 2. The van der Waals surface area contributed by atoms with Crippen LogP contribution >= 0.6 is 0 Å². The summed E-state index contributed by atoms with van der Waals surface area (Å²) in [6.07, 6.45) is 5.69. The molecule has 3 atom stereocenters. The van der Waals surface area contributed by atoms with E-state index < -0.39 is 0 Å². The molecule has 3 unspecified atom stereocenters. The summed E-state index contributed by atoms with van der Waals surface area (Å²) in [5.41, 5.74) is 7.72. The fourth-order valence-corrected chi connectivity index (χ4v) is 5.31. The van der Waals surface area contributed by atoms with E-state index in [9.17, 15) is 4.79 Å². The van der Waals surface area contributed by atoms with Crippen LogP contribution < -0.4 is 15.5 Å². The molecule has 1 amide bonds. The van der Waals surface area contributed by atoms with E-state index in [4.69, 9.17) is 0 Å². The topological polar surface area (TPSA) is 44.4 Å². The maximum absolute atomic E-state index is 12.9. The van der Waals surface area contributed by atoms with E-state index in [0.29, 0.717) is 17.4 Å². The summed E-state index contributed by atoms with van der Waals surface area (Å²) in [5.74, 6) is 0.725. The Balaban J connectivity index is 1.36. The second-order valence-electron chi connectivity index (χ2n) is 11.0. The predicted molar refractivity (Wildman–Crippen MR) is 147 cm³/mol. The molecular weight excluding hydrogens is 430 g/mol. The predicted octanol–water partition coefficient (Wildman–Crippen LogP) is 7.13. The van der Waals surface area contributed by atoms with Gasteiger partial charge in [-0.05, 0) is 76.9 Å². The van der Waals surface area contributed by atoms with Crippen LogP contribution in [0, 0.1) is 5.92 Å². The van der Waals surface area contributed by atoms with Crippen LogP contribution in [0.15, 0.2) is 78.9 Å². The van der Waals surface area contributed by atoms with Crippen molar-refractivity contribution < 1.29 is 4.79 Å². The van der Waals surface area contributed by atoms with Crippen LogP contribution in [0.1, 0.15) is 66.2 Å². The summed E-state index contributed by atoms with van der Waals surface area (Å²) in [7, 11) is 4.14. The molecule has 0 saturated heterocycles. The molecule has 0 radical (unpaired) electrons. The molecule has 1 heterocycles. The molecule has 2 N–H and O–H groups in total. The molecule has 0 saturated carbocycles. The van der Waals surface area contributed by atoms with E-state index >= 15 is 0 Å². The van der Waals surface area contributed by atoms with Crippen LogP contribution in [0.5, 0.6) is 0 Å². The van der Waals surface area contributed by atoms with Gasteiger partial charge in [0.1, 0.15) is 0 Å². The highest BCUT2D eigenvalue weighted by Crippen LogP contribution is 2.50. The maximum Gasteiger partial charge on any atom is 0.255 e. The van der Waals surface area contributed by atoms with Crippen LogP contribution in [-0.2, 0) is 5.41 Å². The Bertz CT molecular complexity index is 1250. The zero-order valence-corrected chi connectivity index (χ0v) is 21.3. The highest BCUT2D eigenvalue weighted by molar-refractivity contribution is 6.04. The van der Waals surface area contributed by atoms with Gasteiger partial charge in [0.25, 0.3) is 5.91 Å². The van der Waals surface area contributed by atoms with Crippen molar-refractivity contribution in [3.63, 3.8) is 0 Å². The zero-order valence-electron chi connectivity index (χ0n) is 21.3. The molecule has 5 rings (SSSR count). The van der Waals surface area contributed by atoms with Crippen molar-refractivity contribution in [3.8, 4) is 0 Å². The number of amides is 1. The van der Waals surface area contributed by atoms with E-state index in [0.717, 1.165) is 17.8 Å². The molecule has 4 heteroatoms. The number of anilines is 3. The van der Waals surface area contributed by atoms with Gasteiger partial charge in [-0.2, -0.15) is 0 Å². The Morgan fingerprint density at radius 1 is 0.971 bits per heavy atom. The van der Waals surface area contributed by atoms with Crippen molar-refractivity contribution in [2.75, 3.05) is 29.6 Å². The van der Waals surface area contributed by atoms with Gasteiger partial charge in [-0.15, -0.1) is 0 Å². The van der Waals surface area contributed by atoms with E-state index in [1.54, 1.807) is 0 Å². The Morgan fingerprint density at radius 3 is 2.34 bits per heavy atom. The molecule has 4 nitrogen and oxygen atoms in total. The van der Waals surface area contributed by atoms with Crippen molar-refractivity contribution in [2.45, 2.75) is 44.6 Å². The molecule has 0 bridgehead atoms. The average molecular weight is 466 g/mol. The van der Waals surface area contributed by atoms with Gasteiger partial charge in [0.15, 0.2) is 0 Å². The Morgan fingerprint density at radius 2 is 1.69 bits per heavy atom. The normalized spacial score (nSPS) is 20.5. The minimum Gasteiger partial charge on any atom is -0.378 e. The number of nitrogens with zero attached hydrogens (tertiary/aromatic N) is 1. The van der Waals surface area contributed by atoms with Crippen LogP contribution in [0.2, 0.25) is 0 Å². The molecule has 1 aliphatic heterocycles. The number of allylic oxidation sites excluding steroid dienone is 2. The first-order chi connectivity index (χ1) is 16.7. The molecule has 35 heavy (non-hydrogen) atoms. The first-order valence-electron chi connectivity index (χ1n) is 12.5. The maximum atomic E-state index is 12.9. The van der Waals surface area contributed by atoms with Crippen molar-refractivity contribution in [2.24, 2.45) is 5.92 Å². The summed E-state index contributed by atoms with van der Waals surface area (Å²) in [6, 6.07) is 23.3. The highest BCUT2D eigenvalue weighted by Gasteiger charge is 2.38. The summed E-state index contributed by atoms with van der Waals surface area (Å²) in [5, 5.41) is 6.91. The second kappa shape index (κ2) is 8.92. The number of benzene rings is 3.